The number of aromatic nitrogens is 1. The summed E-state index contributed by atoms with van der Waals surface area (Å²) in [5, 5.41) is 1.34. The van der Waals surface area contributed by atoms with Crippen molar-refractivity contribution < 1.29 is 0 Å². The van der Waals surface area contributed by atoms with E-state index in [0.29, 0.717) is 0 Å². The molecule has 1 unspecified atom stereocenters. The fraction of sp³-hybridized carbons (Fsp3) is 0.385. The normalized spacial score (nSPS) is 13.3. The molecule has 0 amide bonds. The van der Waals surface area contributed by atoms with Crippen LogP contribution in [0.15, 0.2) is 24.3 Å². The van der Waals surface area contributed by atoms with E-state index in [2.05, 4.69) is 43.1 Å². The van der Waals surface area contributed by atoms with Gasteiger partial charge in [-0.2, -0.15) is 0 Å². The average molecular weight is 202 g/mol. The summed E-state index contributed by atoms with van der Waals surface area (Å²) in [5.74, 6) is 0. The van der Waals surface area contributed by atoms with Crippen LogP contribution in [0.25, 0.3) is 10.9 Å². The van der Waals surface area contributed by atoms with Gasteiger partial charge in [0.15, 0.2) is 0 Å². The Bertz CT molecular complexity index is 455. The first kappa shape index (κ1) is 10.2. The van der Waals surface area contributed by atoms with E-state index in [4.69, 9.17) is 5.73 Å². The van der Waals surface area contributed by atoms with Gasteiger partial charge in [-0.15, -0.1) is 0 Å². The highest BCUT2D eigenvalue weighted by molar-refractivity contribution is 5.84. The monoisotopic (exact) mass is 202 g/mol. The van der Waals surface area contributed by atoms with E-state index >= 15 is 0 Å². The summed E-state index contributed by atoms with van der Waals surface area (Å²) in [5.41, 5.74) is 9.72. The first-order valence-electron chi connectivity index (χ1n) is 5.50. The number of fused-ring (bicyclic) bond motifs is 1. The SMILES string of the molecule is Cc1[nH]c2ccccc2c1CCC(C)N. The second-order valence-corrected chi connectivity index (χ2v) is 4.29. The molecule has 0 aliphatic rings. The maximum atomic E-state index is 5.79. The molecule has 0 saturated carbocycles. The fourth-order valence-electron chi connectivity index (χ4n) is 2.03. The van der Waals surface area contributed by atoms with Crippen molar-refractivity contribution in [1.82, 2.24) is 4.98 Å². The fourth-order valence-corrected chi connectivity index (χ4v) is 2.03. The third kappa shape index (κ3) is 2.05. The number of para-hydroxylation sites is 1. The molecule has 1 aromatic carbocycles. The Morgan fingerprint density at radius 3 is 2.80 bits per heavy atom. The van der Waals surface area contributed by atoms with Gasteiger partial charge < -0.3 is 10.7 Å². The van der Waals surface area contributed by atoms with Gasteiger partial charge in [-0.1, -0.05) is 18.2 Å². The van der Waals surface area contributed by atoms with Gasteiger partial charge in [-0.3, -0.25) is 0 Å². The van der Waals surface area contributed by atoms with Crippen LogP contribution in [-0.2, 0) is 6.42 Å². The van der Waals surface area contributed by atoms with E-state index in [1.807, 2.05) is 0 Å². The van der Waals surface area contributed by atoms with E-state index in [1.165, 1.54) is 22.2 Å². The number of H-pyrrole nitrogens is 1. The minimum Gasteiger partial charge on any atom is -0.358 e. The highest BCUT2D eigenvalue weighted by Gasteiger charge is 2.07. The standard InChI is InChI=1S/C13H18N2/c1-9(14)7-8-11-10(2)15-13-6-4-3-5-12(11)13/h3-6,9,15H,7-8,14H2,1-2H3. The Kier molecular flexibility index (Phi) is 2.78. The van der Waals surface area contributed by atoms with Crippen molar-refractivity contribution >= 4 is 10.9 Å². The van der Waals surface area contributed by atoms with E-state index in [9.17, 15) is 0 Å². The molecule has 0 aliphatic carbocycles. The zero-order chi connectivity index (χ0) is 10.8. The van der Waals surface area contributed by atoms with Crippen molar-refractivity contribution in [2.75, 3.05) is 0 Å². The zero-order valence-corrected chi connectivity index (χ0v) is 9.38. The van der Waals surface area contributed by atoms with Gasteiger partial charge in [0, 0.05) is 22.6 Å². The van der Waals surface area contributed by atoms with Crippen LogP contribution in [0.5, 0.6) is 0 Å². The number of nitrogens with one attached hydrogen (secondary N) is 1. The van der Waals surface area contributed by atoms with Gasteiger partial charge in [0.25, 0.3) is 0 Å². The van der Waals surface area contributed by atoms with Gasteiger partial charge in [-0.05, 0) is 38.3 Å². The minimum atomic E-state index is 0.276. The highest BCUT2D eigenvalue weighted by Crippen LogP contribution is 2.23. The smallest absolute Gasteiger partial charge is 0.0458 e. The number of aromatic amines is 1. The van der Waals surface area contributed by atoms with Crippen LogP contribution in [0.4, 0.5) is 0 Å². The van der Waals surface area contributed by atoms with Gasteiger partial charge >= 0.3 is 0 Å². The molecule has 0 spiro atoms. The third-order valence-electron chi connectivity index (χ3n) is 2.88. The predicted molar refractivity (Wildman–Crippen MR) is 65.0 cm³/mol. The molecule has 15 heavy (non-hydrogen) atoms. The molecule has 1 atom stereocenters. The number of hydrogen-bond donors (Lipinski definition) is 2. The van der Waals surface area contributed by atoms with Crippen molar-refractivity contribution in [3.05, 3.63) is 35.5 Å². The zero-order valence-electron chi connectivity index (χ0n) is 9.38. The van der Waals surface area contributed by atoms with Crippen LogP contribution < -0.4 is 5.73 Å². The molecule has 0 saturated heterocycles. The Balaban J connectivity index is 2.36. The summed E-state index contributed by atoms with van der Waals surface area (Å²) >= 11 is 0. The number of aryl methyl sites for hydroxylation is 2. The van der Waals surface area contributed by atoms with Crippen LogP contribution in [0.3, 0.4) is 0 Å². The molecule has 1 heterocycles. The summed E-state index contributed by atoms with van der Waals surface area (Å²) in [4.78, 5) is 3.41. The lowest BCUT2D eigenvalue weighted by molar-refractivity contribution is 0.666. The Hall–Kier alpha value is -1.28. The van der Waals surface area contributed by atoms with Crippen LogP contribution in [-0.4, -0.2) is 11.0 Å². The molecule has 0 bridgehead atoms. The number of nitrogens with two attached hydrogens (primary N) is 1. The molecule has 80 valence electrons. The van der Waals surface area contributed by atoms with Crippen LogP contribution in [0, 0.1) is 6.92 Å². The summed E-state index contributed by atoms with van der Waals surface area (Å²) in [6.45, 7) is 4.20. The molecule has 2 heteroatoms. The molecular formula is C13H18N2. The topological polar surface area (TPSA) is 41.8 Å². The second-order valence-electron chi connectivity index (χ2n) is 4.29. The van der Waals surface area contributed by atoms with Crippen molar-refractivity contribution in [2.24, 2.45) is 5.73 Å². The number of benzene rings is 1. The first-order valence-corrected chi connectivity index (χ1v) is 5.50. The van der Waals surface area contributed by atoms with Crippen LogP contribution in [0.1, 0.15) is 24.6 Å². The van der Waals surface area contributed by atoms with Crippen LogP contribution in [0.2, 0.25) is 0 Å². The van der Waals surface area contributed by atoms with Crippen molar-refractivity contribution in [1.29, 1.82) is 0 Å². The lowest BCUT2D eigenvalue weighted by atomic mass is 10.0. The van der Waals surface area contributed by atoms with Crippen LogP contribution >= 0.6 is 0 Å². The van der Waals surface area contributed by atoms with Gasteiger partial charge in [-0.25, -0.2) is 0 Å². The van der Waals surface area contributed by atoms with Gasteiger partial charge in [0.1, 0.15) is 0 Å². The molecule has 1 aromatic heterocycles. The molecular weight excluding hydrogens is 184 g/mol. The number of rotatable bonds is 3. The van der Waals surface area contributed by atoms with Gasteiger partial charge in [0.05, 0.1) is 0 Å². The maximum Gasteiger partial charge on any atom is 0.0458 e. The minimum absolute atomic E-state index is 0.276. The van der Waals surface area contributed by atoms with Crippen molar-refractivity contribution in [3.63, 3.8) is 0 Å². The lowest BCUT2D eigenvalue weighted by Crippen LogP contribution is -2.15. The molecule has 3 N–H and O–H groups in total. The molecule has 0 fully saturated rings. The molecule has 0 radical (unpaired) electrons. The molecule has 2 aromatic rings. The summed E-state index contributed by atoms with van der Waals surface area (Å²) in [6, 6.07) is 8.73. The Labute approximate surface area is 90.5 Å². The Morgan fingerprint density at radius 1 is 1.33 bits per heavy atom. The first-order chi connectivity index (χ1) is 7.18. The van der Waals surface area contributed by atoms with E-state index in [1.54, 1.807) is 0 Å². The van der Waals surface area contributed by atoms with Crippen molar-refractivity contribution in [3.8, 4) is 0 Å². The third-order valence-corrected chi connectivity index (χ3v) is 2.88. The van der Waals surface area contributed by atoms with E-state index in [-0.39, 0.29) is 6.04 Å². The second kappa shape index (κ2) is 4.07. The summed E-state index contributed by atoms with van der Waals surface area (Å²) in [6.07, 6.45) is 2.11. The Morgan fingerprint density at radius 2 is 2.07 bits per heavy atom. The van der Waals surface area contributed by atoms with E-state index < -0.39 is 0 Å². The molecule has 2 nitrogen and oxygen atoms in total. The largest absolute Gasteiger partial charge is 0.358 e. The lowest BCUT2D eigenvalue weighted by Gasteiger charge is -2.04. The average Bonchev–Trinajstić information content (AvgIpc) is 2.50. The maximum absolute atomic E-state index is 5.79. The summed E-state index contributed by atoms with van der Waals surface area (Å²) < 4.78 is 0. The van der Waals surface area contributed by atoms with E-state index in [0.717, 1.165) is 12.8 Å². The highest BCUT2D eigenvalue weighted by atomic mass is 14.7. The quantitative estimate of drug-likeness (QED) is 0.789. The number of hydrogen-bond acceptors (Lipinski definition) is 1. The molecule has 0 aliphatic heterocycles. The predicted octanol–water partition coefficient (Wildman–Crippen LogP) is 2.76. The van der Waals surface area contributed by atoms with Crippen molar-refractivity contribution in [2.45, 2.75) is 32.7 Å². The summed E-state index contributed by atoms with van der Waals surface area (Å²) in [7, 11) is 0. The van der Waals surface area contributed by atoms with Gasteiger partial charge in [0.2, 0.25) is 0 Å². The molecule has 2 rings (SSSR count).